The first-order valence-corrected chi connectivity index (χ1v) is 1.000. The fourth-order valence-electron chi connectivity index (χ4n) is 0. The van der Waals surface area contributed by atoms with Crippen molar-refractivity contribution in [3.63, 3.8) is 0 Å². The summed E-state index contributed by atoms with van der Waals surface area (Å²) < 4.78 is 6.22. The summed E-state index contributed by atoms with van der Waals surface area (Å²) in [6.07, 6.45) is -0.824. The van der Waals surface area contributed by atoms with Gasteiger partial charge >= 0.3 is 0 Å². The van der Waals surface area contributed by atoms with E-state index in [9.17, 15) is 0 Å². The van der Waals surface area contributed by atoms with E-state index in [1.807, 2.05) is 0 Å². The Labute approximate surface area is 27.7 Å². The van der Waals surface area contributed by atoms with Gasteiger partial charge in [0.05, 0.1) is 6.10 Å². The molecule has 1 N–H and O–H groups in total. The van der Waals surface area contributed by atoms with Crippen molar-refractivity contribution in [3.05, 3.63) is 13.8 Å². The Bertz CT molecular complexity index is 20.9. The average Bonchev–Trinajstić information content (AvgIpc) is 1.38. The molecule has 0 aromatic heterocycles. The van der Waals surface area contributed by atoms with Gasteiger partial charge in [0.1, 0.15) is 0 Å². The molecule has 0 aliphatic heterocycles. The first kappa shape index (κ1) is 2.21. The summed E-state index contributed by atoms with van der Waals surface area (Å²) in [5.74, 6) is 0. The third-order valence-corrected chi connectivity index (χ3v) is 0. The zero-order valence-corrected chi connectivity index (χ0v) is 2.31. The van der Waals surface area contributed by atoms with Crippen LogP contribution in [0.25, 0.3) is 0 Å². The molecule has 0 aliphatic carbocycles. The molecule has 4 heavy (non-hydrogen) atoms. The Morgan fingerprint density at radius 2 is 2.50 bits per heavy atom. The van der Waals surface area contributed by atoms with Gasteiger partial charge in [-0.3, -0.25) is 0 Å². The van der Waals surface area contributed by atoms with Gasteiger partial charge in [0.25, 0.3) is 0 Å². The van der Waals surface area contributed by atoms with Crippen molar-refractivity contribution >= 4 is 0 Å². The van der Waals surface area contributed by atoms with E-state index in [0.29, 0.717) is 0 Å². The van der Waals surface area contributed by atoms with E-state index in [-0.39, 0.29) is 0 Å². The maximum Gasteiger partial charge on any atom is 0.0542 e. The van der Waals surface area contributed by atoms with Crippen LogP contribution in [0.1, 0.15) is 1.37 Å². The van der Waals surface area contributed by atoms with Crippen LogP contribution >= 0.6 is 0 Å². The maximum absolute atomic E-state index is 8.01. The fourth-order valence-corrected chi connectivity index (χ4v) is 0. The molecule has 0 bridgehead atoms. The first-order valence-electron chi connectivity index (χ1n) is 1.58. The molecular formula is C3H6O. The summed E-state index contributed by atoms with van der Waals surface area (Å²) in [5.41, 5.74) is 0. The van der Waals surface area contributed by atoms with Gasteiger partial charge in [0, 0.05) is 1.37 Å². The molecule has 0 aliphatic rings. The molecule has 0 spiro atoms. The van der Waals surface area contributed by atoms with Crippen LogP contribution in [0.2, 0.25) is 0 Å². The van der Waals surface area contributed by atoms with Crippen LogP contribution in [0.15, 0.2) is 0 Å². The third-order valence-electron chi connectivity index (χ3n) is 0. The zero-order valence-electron chi connectivity index (χ0n) is 3.31. The summed E-state index contributed by atoms with van der Waals surface area (Å²) in [6.45, 7) is 3.93. The van der Waals surface area contributed by atoms with E-state index < -0.39 is 6.10 Å². The smallest absolute Gasteiger partial charge is 0.0542 e. The highest BCUT2D eigenvalue weighted by Gasteiger charge is 1.70. The highest BCUT2D eigenvalue weighted by atomic mass is 16.3. The average molecular weight is 59.1 g/mol. The van der Waals surface area contributed by atoms with Crippen LogP contribution in [0.3, 0.4) is 0 Å². The molecule has 0 heterocycles. The quantitative estimate of drug-likeness (QED) is 0.451. The van der Waals surface area contributed by atoms with Crippen molar-refractivity contribution in [3.8, 4) is 0 Å². The molecule has 0 amide bonds. The van der Waals surface area contributed by atoms with Gasteiger partial charge in [-0.05, 0) is 13.8 Å². The van der Waals surface area contributed by atoms with Crippen LogP contribution < -0.4 is 0 Å². The molecule has 1 unspecified atom stereocenters. The highest BCUT2D eigenvalue weighted by molar-refractivity contribution is 4.54. The lowest BCUT2D eigenvalue weighted by Gasteiger charge is -1.79. The minimum atomic E-state index is -0.824. The minimum Gasteiger partial charge on any atom is -0.393 e. The van der Waals surface area contributed by atoms with Gasteiger partial charge in [0.15, 0.2) is 0 Å². The Hall–Kier alpha value is -0.0400. The predicted molar refractivity (Wildman–Crippen MR) is 16.7 cm³/mol. The number of rotatable bonds is 1. The second kappa shape index (κ2) is 1.30. The van der Waals surface area contributed by atoms with E-state index in [1.165, 1.54) is 0 Å². The zero-order chi connectivity index (χ0) is 4.28. The molecule has 0 aromatic rings. The summed E-state index contributed by atoms with van der Waals surface area (Å²) >= 11 is 0. The molecule has 2 radical (unpaired) electrons. The lowest BCUT2D eigenvalue weighted by Crippen LogP contribution is -1.87. The van der Waals surface area contributed by atoms with E-state index in [0.717, 1.165) is 6.90 Å². The Kier molecular flexibility index (Phi) is 0.718. The Morgan fingerprint density at radius 3 is 2.50 bits per heavy atom. The van der Waals surface area contributed by atoms with Crippen LogP contribution in [-0.2, 0) is 0 Å². The standard InChI is InChI=1S/C3H6O/c1-3(2)4/h3-4H,1-2H2/i1D. The molecule has 1 nitrogen and oxygen atoms in total. The van der Waals surface area contributed by atoms with E-state index in [4.69, 9.17) is 6.48 Å². The fraction of sp³-hybridized carbons (Fsp3) is 0.333. The molecule has 1 heteroatoms. The number of hydrogen-bond acceptors (Lipinski definition) is 1. The molecule has 0 rings (SSSR count). The van der Waals surface area contributed by atoms with Crippen LogP contribution in [0.4, 0.5) is 0 Å². The van der Waals surface area contributed by atoms with Crippen LogP contribution in [-0.4, -0.2) is 11.2 Å². The van der Waals surface area contributed by atoms with E-state index >= 15 is 0 Å². The van der Waals surface area contributed by atoms with Gasteiger partial charge in [0.2, 0.25) is 0 Å². The van der Waals surface area contributed by atoms with Crippen molar-refractivity contribution in [1.82, 2.24) is 0 Å². The summed E-state index contributed by atoms with van der Waals surface area (Å²) in [5, 5.41) is 8.01. The first-order chi connectivity index (χ1) is 2.27. The largest absolute Gasteiger partial charge is 0.393 e. The van der Waals surface area contributed by atoms with Crippen LogP contribution in [0, 0.1) is 13.8 Å². The number of hydrogen-bond donors (Lipinski definition) is 1. The molecular weight excluding hydrogens is 52.0 g/mol. The number of aliphatic hydroxyl groups is 1. The van der Waals surface area contributed by atoms with Gasteiger partial charge in [-0.1, -0.05) is 0 Å². The second-order valence-electron chi connectivity index (χ2n) is 0.567. The van der Waals surface area contributed by atoms with Gasteiger partial charge in [-0.25, -0.2) is 0 Å². The summed E-state index contributed by atoms with van der Waals surface area (Å²) in [6, 6.07) is 0. The van der Waals surface area contributed by atoms with E-state index in [1.54, 1.807) is 0 Å². The lowest BCUT2D eigenvalue weighted by molar-refractivity contribution is 0.267. The minimum absolute atomic E-state index is 0.824. The lowest BCUT2D eigenvalue weighted by atomic mass is 10.5. The number of aliphatic hydroxyl groups excluding tert-OH is 1. The molecule has 0 fully saturated rings. The molecule has 24 valence electrons. The highest BCUT2D eigenvalue weighted by Crippen LogP contribution is 1.62. The predicted octanol–water partition coefficient (Wildman–Crippen LogP) is 0.0155. The Balaban J connectivity index is 2.54. The summed E-state index contributed by atoms with van der Waals surface area (Å²) in [7, 11) is 0. The van der Waals surface area contributed by atoms with Crippen molar-refractivity contribution in [2.24, 2.45) is 0 Å². The maximum atomic E-state index is 8.01. The van der Waals surface area contributed by atoms with Gasteiger partial charge in [-0.15, -0.1) is 0 Å². The third kappa shape index (κ3) is 1130. The second-order valence-corrected chi connectivity index (χ2v) is 0.567. The molecule has 0 saturated carbocycles. The molecule has 1 atom stereocenters. The topological polar surface area (TPSA) is 20.2 Å². The van der Waals surface area contributed by atoms with Gasteiger partial charge in [-0.2, -0.15) is 0 Å². The van der Waals surface area contributed by atoms with E-state index in [2.05, 4.69) is 6.92 Å². The molecule has 0 saturated heterocycles. The van der Waals surface area contributed by atoms with Crippen molar-refractivity contribution in [2.75, 3.05) is 0 Å². The van der Waals surface area contributed by atoms with Gasteiger partial charge < -0.3 is 5.11 Å². The SMILES string of the molecule is [2H][CH]C([CH2])O. The molecule has 0 aromatic carbocycles. The van der Waals surface area contributed by atoms with Crippen LogP contribution in [0.5, 0.6) is 0 Å². The normalized spacial score (nSPS) is 19.0. The van der Waals surface area contributed by atoms with Crippen molar-refractivity contribution in [2.45, 2.75) is 6.10 Å². The monoisotopic (exact) mass is 59.0 g/mol. The Morgan fingerprint density at radius 1 is 2.25 bits per heavy atom. The summed E-state index contributed by atoms with van der Waals surface area (Å²) in [4.78, 5) is 0. The van der Waals surface area contributed by atoms with Crippen molar-refractivity contribution in [1.29, 1.82) is 0 Å². The van der Waals surface area contributed by atoms with Crippen molar-refractivity contribution < 1.29 is 6.48 Å².